The van der Waals surface area contributed by atoms with E-state index in [1.807, 2.05) is 4.90 Å². The molecule has 152 valence electrons. The molecule has 0 aromatic heterocycles. The highest BCUT2D eigenvalue weighted by Crippen LogP contribution is 2.40. The molecule has 28 heavy (non-hydrogen) atoms. The van der Waals surface area contributed by atoms with E-state index in [4.69, 9.17) is 0 Å². The lowest BCUT2D eigenvalue weighted by atomic mass is 9.91. The molecule has 1 aromatic carbocycles. The third kappa shape index (κ3) is 3.30. The van der Waals surface area contributed by atoms with Gasteiger partial charge in [-0.15, -0.1) is 0 Å². The summed E-state index contributed by atoms with van der Waals surface area (Å²) >= 11 is 0. The highest BCUT2D eigenvalue weighted by Gasteiger charge is 2.49. The van der Waals surface area contributed by atoms with E-state index in [-0.39, 0.29) is 17.5 Å². The van der Waals surface area contributed by atoms with E-state index in [0.29, 0.717) is 45.0 Å². The summed E-state index contributed by atoms with van der Waals surface area (Å²) in [7, 11) is 0. The molecule has 3 aliphatic rings. The molecule has 2 atom stereocenters. The van der Waals surface area contributed by atoms with Gasteiger partial charge >= 0.3 is 6.18 Å². The molecule has 1 aliphatic carbocycles. The van der Waals surface area contributed by atoms with E-state index in [1.165, 1.54) is 6.07 Å². The fourth-order valence-corrected chi connectivity index (χ4v) is 4.53. The van der Waals surface area contributed by atoms with Crippen molar-refractivity contribution in [3.8, 4) is 0 Å². The number of alkyl halides is 3. The van der Waals surface area contributed by atoms with Crippen molar-refractivity contribution in [2.75, 3.05) is 37.7 Å². The highest BCUT2D eigenvalue weighted by atomic mass is 19.4. The Morgan fingerprint density at radius 1 is 1.14 bits per heavy atom. The van der Waals surface area contributed by atoms with Gasteiger partial charge < -0.3 is 9.80 Å². The molecule has 0 N–H and O–H groups in total. The monoisotopic (exact) mass is 398 g/mol. The molecular weight excluding hydrogens is 377 g/mol. The van der Waals surface area contributed by atoms with Gasteiger partial charge in [-0.05, 0) is 25.0 Å². The Hall–Kier alpha value is -2.36. The number of hydrogen-bond acceptors (Lipinski definition) is 5. The fraction of sp³-hybridized carbons (Fsp3) is 0.611. The van der Waals surface area contributed by atoms with Crippen LogP contribution in [0.1, 0.15) is 24.8 Å². The number of fused-ring (bicyclic) bond motifs is 1. The van der Waals surface area contributed by atoms with Crippen molar-refractivity contribution in [3.63, 3.8) is 0 Å². The predicted molar refractivity (Wildman–Crippen MR) is 94.7 cm³/mol. The first-order valence-electron chi connectivity index (χ1n) is 9.39. The third-order valence-corrected chi connectivity index (χ3v) is 6.04. The molecule has 2 aliphatic heterocycles. The lowest BCUT2D eigenvalue weighted by Crippen LogP contribution is -2.62. The van der Waals surface area contributed by atoms with Crippen LogP contribution in [0.15, 0.2) is 18.2 Å². The summed E-state index contributed by atoms with van der Waals surface area (Å²) in [5.74, 6) is 0.402. The number of carbonyl (C=O) groups is 1. The Morgan fingerprint density at radius 3 is 2.50 bits per heavy atom. The van der Waals surface area contributed by atoms with Crippen LogP contribution in [-0.4, -0.2) is 59.5 Å². The van der Waals surface area contributed by atoms with Gasteiger partial charge in [0, 0.05) is 38.3 Å². The van der Waals surface area contributed by atoms with Crippen LogP contribution in [0.25, 0.3) is 0 Å². The van der Waals surface area contributed by atoms with Gasteiger partial charge in [0.25, 0.3) is 5.69 Å². The number of piperazine rings is 1. The number of hydrogen-bond donors (Lipinski definition) is 0. The Labute approximate surface area is 159 Å². The molecule has 0 bridgehead atoms. The Kier molecular flexibility index (Phi) is 4.68. The smallest absolute Gasteiger partial charge is 0.363 e. The lowest BCUT2D eigenvalue weighted by molar-refractivity contribution is -0.384. The number of halogens is 3. The molecule has 1 aromatic rings. The standard InChI is InChI=1S/C18H21F3N4O3/c19-18(20,21)12-4-5-15(16(10-12)25(27)28)23-8-6-22(7-9-23)11-24-14-3-1-2-13(14)17(24)26/h4-5,10,13-14H,1-3,6-9,11H2/t13-,14-/m0/s1. The van der Waals surface area contributed by atoms with E-state index in [9.17, 15) is 28.1 Å². The van der Waals surface area contributed by atoms with Gasteiger partial charge in [0.05, 0.1) is 23.1 Å². The molecule has 7 nitrogen and oxygen atoms in total. The summed E-state index contributed by atoms with van der Waals surface area (Å²) in [6, 6.07) is 3.01. The Bertz CT molecular complexity index is 793. The highest BCUT2D eigenvalue weighted by molar-refractivity contribution is 5.86. The maximum atomic E-state index is 12.9. The molecule has 1 amide bonds. The van der Waals surface area contributed by atoms with E-state index in [0.717, 1.165) is 25.3 Å². The van der Waals surface area contributed by atoms with Gasteiger partial charge in [-0.3, -0.25) is 19.8 Å². The van der Waals surface area contributed by atoms with Crippen LogP contribution in [-0.2, 0) is 11.0 Å². The van der Waals surface area contributed by atoms with Crippen LogP contribution in [0.3, 0.4) is 0 Å². The normalized spacial score (nSPS) is 25.6. The number of nitro groups is 1. The molecule has 2 saturated heterocycles. The zero-order valence-electron chi connectivity index (χ0n) is 15.2. The average Bonchev–Trinajstić information content (AvgIpc) is 3.10. The number of β-lactam (4-membered cyclic amide) rings is 1. The van der Waals surface area contributed by atoms with Crippen LogP contribution >= 0.6 is 0 Å². The first-order chi connectivity index (χ1) is 13.3. The van der Waals surface area contributed by atoms with Crippen LogP contribution in [0.2, 0.25) is 0 Å². The van der Waals surface area contributed by atoms with Crippen LogP contribution in [0.5, 0.6) is 0 Å². The molecule has 0 unspecified atom stereocenters. The van der Waals surface area contributed by atoms with Gasteiger partial charge in [-0.2, -0.15) is 13.2 Å². The fourth-order valence-electron chi connectivity index (χ4n) is 4.53. The summed E-state index contributed by atoms with van der Waals surface area (Å²) in [5.41, 5.74) is -1.35. The second-order valence-corrected chi connectivity index (χ2v) is 7.62. The van der Waals surface area contributed by atoms with E-state index in [2.05, 4.69) is 4.90 Å². The first-order valence-corrected chi connectivity index (χ1v) is 9.39. The van der Waals surface area contributed by atoms with E-state index >= 15 is 0 Å². The molecule has 0 radical (unpaired) electrons. The molecule has 4 rings (SSSR count). The minimum absolute atomic E-state index is 0.191. The number of amides is 1. The van der Waals surface area contributed by atoms with Crippen LogP contribution < -0.4 is 4.90 Å². The second kappa shape index (κ2) is 6.91. The summed E-state index contributed by atoms with van der Waals surface area (Å²) < 4.78 is 38.6. The third-order valence-electron chi connectivity index (χ3n) is 6.04. The van der Waals surface area contributed by atoms with Gasteiger partial charge in [-0.25, -0.2) is 0 Å². The van der Waals surface area contributed by atoms with Gasteiger partial charge in [0.2, 0.25) is 5.91 Å². The van der Waals surface area contributed by atoms with Gasteiger partial charge in [0.15, 0.2) is 0 Å². The van der Waals surface area contributed by atoms with E-state index in [1.54, 1.807) is 4.90 Å². The minimum Gasteiger partial charge on any atom is -0.363 e. The second-order valence-electron chi connectivity index (χ2n) is 7.62. The van der Waals surface area contributed by atoms with Crippen molar-refractivity contribution < 1.29 is 22.9 Å². The Balaban J connectivity index is 1.41. The van der Waals surface area contributed by atoms with Gasteiger partial charge in [-0.1, -0.05) is 6.42 Å². The number of nitro benzene ring substituents is 1. The van der Waals surface area contributed by atoms with Crippen molar-refractivity contribution in [2.45, 2.75) is 31.5 Å². The number of likely N-dealkylation sites (tertiary alicyclic amines) is 1. The van der Waals surface area contributed by atoms with Crippen molar-refractivity contribution in [1.29, 1.82) is 0 Å². The quantitative estimate of drug-likeness (QED) is 0.443. The molecule has 10 heteroatoms. The summed E-state index contributed by atoms with van der Waals surface area (Å²) in [5, 5.41) is 11.3. The zero-order valence-corrected chi connectivity index (χ0v) is 15.2. The van der Waals surface area contributed by atoms with Crippen LogP contribution in [0.4, 0.5) is 24.5 Å². The molecule has 3 fully saturated rings. The summed E-state index contributed by atoms with van der Waals surface area (Å²) in [6.07, 6.45) is -1.51. The number of benzene rings is 1. The molecule has 1 saturated carbocycles. The number of carbonyl (C=O) groups excluding carboxylic acids is 1. The zero-order chi connectivity index (χ0) is 20.1. The van der Waals surface area contributed by atoms with Crippen LogP contribution in [0, 0.1) is 16.0 Å². The minimum atomic E-state index is -4.62. The number of nitrogens with zero attached hydrogens (tertiary/aromatic N) is 4. The maximum absolute atomic E-state index is 12.9. The van der Waals surface area contributed by atoms with Crippen molar-refractivity contribution in [3.05, 3.63) is 33.9 Å². The maximum Gasteiger partial charge on any atom is 0.416 e. The Morgan fingerprint density at radius 2 is 1.86 bits per heavy atom. The largest absolute Gasteiger partial charge is 0.416 e. The number of anilines is 1. The number of rotatable bonds is 4. The molecule has 0 spiro atoms. The van der Waals surface area contributed by atoms with Crippen molar-refractivity contribution in [1.82, 2.24) is 9.80 Å². The average molecular weight is 398 g/mol. The molecule has 2 heterocycles. The van der Waals surface area contributed by atoms with Gasteiger partial charge in [0.1, 0.15) is 5.69 Å². The lowest BCUT2D eigenvalue weighted by Gasteiger charge is -2.47. The summed E-state index contributed by atoms with van der Waals surface area (Å²) in [6.45, 7) is 2.67. The first kappa shape index (κ1) is 19.0. The molecular formula is C18H21F3N4O3. The topological polar surface area (TPSA) is 69.9 Å². The SMILES string of the molecule is O=C1[C@H]2CCC[C@@H]2N1CN1CCN(c2ccc(C(F)(F)F)cc2[N+](=O)[O-])CC1. The predicted octanol–water partition coefficient (Wildman–Crippen LogP) is 2.70. The van der Waals surface area contributed by atoms with Crippen molar-refractivity contribution in [2.24, 2.45) is 5.92 Å². The van der Waals surface area contributed by atoms with Crippen molar-refractivity contribution >= 4 is 17.3 Å². The van der Waals surface area contributed by atoms with E-state index < -0.39 is 22.4 Å². The summed E-state index contributed by atoms with van der Waals surface area (Å²) in [4.78, 5) is 28.5.